The largest absolute Gasteiger partial charge is 0.334 e. The molecule has 0 saturated heterocycles. The first kappa shape index (κ1) is 17.2. The Balaban J connectivity index is 1.85. The molecule has 24 heavy (non-hydrogen) atoms. The molecule has 0 bridgehead atoms. The zero-order valence-electron chi connectivity index (χ0n) is 13.7. The second kappa shape index (κ2) is 6.72. The Morgan fingerprint density at radius 1 is 1.25 bits per heavy atom. The minimum absolute atomic E-state index is 0.174. The Kier molecular flexibility index (Phi) is 4.83. The molecule has 3 nitrogen and oxygen atoms in total. The lowest BCUT2D eigenvalue weighted by Gasteiger charge is -2.13. The number of nitrogens with zero attached hydrogens (tertiary/aromatic N) is 2. The van der Waals surface area contributed by atoms with Crippen LogP contribution in [0.25, 0.3) is 0 Å². The van der Waals surface area contributed by atoms with Gasteiger partial charge in [-0.25, -0.2) is 13.2 Å². The van der Waals surface area contributed by atoms with Crippen LogP contribution < -0.4 is 0 Å². The van der Waals surface area contributed by atoms with Gasteiger partial charge < -0.3 is 14.5 Å². The van der Waals surface area contributed by atoms with Crippen LogP contribution in [0.3, 0.4) is 0 Å². The number of hydrogen-bond donors (Lipinski definition) is 1. The molecule has 0 amide bonds. The Bertz CT molecular complexity index is 810. The second-order valence-electron chi connectivity index (χ2n) is 6.53. The summed E-state index contributed by atoms with van der Waals surface area (Å²) in [7, 11) is 4.02. The minimum Gasteiger partial charge on any atom is -0.334 e. The van der Waals surface area contributed by atoms with Gasteiger partial charge in [-0.2, -0.15) is 0 Å². The Hall–Kier alpha value is -1.60. The first-order chi connectivity index (χ1) is 11.4. The van der Waals surface area contributed by atoms with Gasteiger partial charge in [0.15, 0.2) is 16.4 Å². The molecule has 1 aliphatic heterocycles. The summed E-state index contributed by atoms with van der Waals surface area (Å²) in [5.74, 6) is -3.23. The van der Waals surface area contributed by atoms with Crippen molar-refractivity contribution >= 4 is 12.2 Å². The molecule has 1 aliphatic rings. The quantitative estimate of drug-likeness (QED) is 0.652. The summed E-state index contributed by atoms with van der Waals surface area (Å²) in [5.41, 5.74) is 1.82. The van der Waals surface area contributed by atoms with Crippen LogP contribution in [-0.2, 0) is 19.4 Å². The van der Waals surface area contributed by atoms with Gasteiger partial charge in [-0.05, 0) is 64.3 Å². The molecule has 1 N–H and O–H groups in total. The van der Waals surface area contributed by atoms with Crippen molar-refractivity contribution in [3.63, 3.8) is 0 Å². The predicted octanol–water partition coefficient (Wildman–Crippen LogP) is 3.80. The highest BCUT2D eigenvalue weighted by Gasteiger charge is 2.31. The van der Waals surface area contributed by atoms with Crippen molar-refractivity contribution in [3.05, 3.63) is 51.3 Å². The third-order valence-electron chi connectivity index (χ3n) is 4.54. The SMILES string of the molecule is CN(C)CCCc1[nH]c(=S)n2c1C[C@H](c1c(F)ccc(F)c1F)C2. The summed E-state index contributed by atoms with van der Waals surface area (Å²) in [6, 6.07) is 1.81. The van der Waals surface area contributed by atoms with Crippen LogP contribution in [0.4, 0.5) is 13.2 Å². The van der Waals surface area contributed by atoms with E-state index in [9.17, 15) is 13.2 Å². The highest BCUT2D eigenvalue weighted by atomic mass is 32.1. The fraction of sp³-hybridized carbons (Fsp3) is 0.471. The number of aryl methyl sites for hydroxylation is 1. The van der Waals surface area contributed by atoms with E-state index in [4.69, 9.17) is 12.2 Å². The summed E-state index contributed by atoms with van der Waals surface area (Å²) in [6.07, 6.45) is 2.25. The Labute approximate surface area is 144 Å². The average Bonchev–Trinajstić information content (AvgIpc) is 3.05. The first-order valence-electron chi connectivity index (χ1n) is 7.97. The summed E-state index contributed by atoms with van der Waals surface area (Å²) in [6.45, 7) is 1.32. The maximum absolute atomic E-state index is 14.1. The molecule has 1 atom stereocenters. The minimum atomic E-state index is -1.09. The van der Waals surface area contributed by atoms with Crippen LogP contribution >= 0.6 is 12.2 Å². The predicted molar refractivity (Wildman–Crippen MR) is 89.3 cm³/mol. The zero-order chi connectivity index (χ0) is 17.4. The number of aromatic amines is 1. The fourth-order valence-corrected chi connectivity index (χ4v) is 3.70. The molecule has 1 aromatic carbocycles. The summed E-state index contributed by atoms with van der Waals surface area (Å²) < 4.78 is 44.1. The number of nitrogens with one attached hydrogen (secondary N) is 1. The molecule has 0 saturated carbocycles. The maximum Gasteiger partial charge on any atom is 0.177 e. The van der Waals surface area contributed by atoms with E-state index in [1.807, 2.05) is 18.7 Å². The number of benzene rings is 1. The summed E-state index contributed by atoms with van der Waals surface area (Å²) in [5, 5.41) is 0. The van der Waals surface area contributed by atoms with Gasteiger partial charge in [0.2, 0.25) is 0 Å². The van der Waals surface area contributed by atoms with Crippen LogP contribution in [0.5, 0.6) is 0 Å². The van der Waals surface area contributed by atoms with Gasteiger partial charge in [0.1, 0.15) is 5.82 Å². The van der Waals surface area contributed by atoms with E-state index in [0.717, 1.165) is 42.9 Å². The zero-order valence-corrected chi connectivity index (χ0v) is 14.5. The van der Waals surface area contributed by atoms with E-state index in [0.29, 0.717) is 17.7 Å². The van der Waals surface area contributed by atoms with E-state index >= 15 is 0 Å². The van der Waals surface area contributed by atoms with E-state index in [-0.39, 0.29) is 5.56 Å². The molecular formula is C17H20F3N3S. The lowest BCUT2D eigenvalue weighted by molar-refractivity contribution is 0.399. The Morgan fingerprint density at radius 2 is 1.96 bits per heavy atom. The third kappa shape index (κ3) is 3.15. The normalized spacial score (nSPS) is 16.8. The van der Waals surface area contributed by atoms with Gasteiger partial charge >= 0.3 is 0 Å². The van der Waals surface area contributed by atoms with Gasteiger partial charge in [0.25, 0.3) is 0 Å². The van der Waals surface area contributed by atoms with Gasteiger partial charge in [0.05, 0.1) is 0 Å². The van der Waals surface area contributed by atoms with Gasteiger partial charge in [0, 0.05) is 29.4 Å². The molecule has 2 heterocycles. The van der Waals surface area contributed by atoms with Gasteiger partial charge in [-0.1, -0.05) is 0 Å². The number of H-pyrrole nitrogens is 1. The van der Waals surface area contributed by atoms with Crippen LogP contribution in [-0.4, -0.2) is 35.1 Å². The molecule has 2 aromatic rings. The van der Waals surface area contributed by atoms with E-state index in [1.165, 1.54) is 0 Å². The molecule has 0 radical (unpaired) electrons. The highest BCUT2D eigenvalue weighted by Crippen LogP contribution is 2.35. The summed E-state index contributed by atoms with van der Waals surface area (Å²) in [4.78, 5) is 5.30. The molecular weight excluding hydrogens is 335 g/mol. The van der Waals surface area contributed by atoms with E-state index in [2.05, 4.69) is 9.88 Å². The standard InChI is InChI=1S/C17H20F3N3S/c1-22(2)7-3-4-13-14-8-10(9-23(14)17(24)21-13)15-11(18)5-6-12(19)16(15)20/h5-6,10H,3-4,7-9H2,1-2H3,(H,21,24)/t10-/m0/s1. The number of aromatic nitrogens is 2. The topological polar surface area (TPSA) is 24.0 Å². The van der Waals surface area contributed by atoms with Crippen LogP contribution in [0.2, 0.25) is 0 Å². The van der Waals surface area contributed by atoms with Crippen molar-refractivity contribution in [1.29, 1.82) is 0 Å². The molecule has 0 spiro atoms. The maximum atomic E-state index is 14.1. The molecule has 0 unspecified atom stereocenters. The van der Waals surface area contributed by atoms with Crippen molar-refractivity contribution in [3.8, 4) is 0 Å². The molecule has 0 aliphatic carbocycles. The molecule has 3 rings (SSSR count). The number of rotatable bonds is 5. The summed E-state index contributed by atoms with van der Waals surface area (Å²) >= 11 is 5.33. The van der Waals surface area contributed by atoms with Crippen LogP contribution in [0, 0.1) is 22.2 Å². The molecule has 0 fully saturated rings. The highest BCUT2D eigenvalue weighted by molar-refractivity contribution is 7.71. The van der Waals surface area contributed by atoms with Crippen LogP contribution in [0.1, 0.15) is 29.3 Å². The van der Waals surface area contributed by atoms with Gasteiger partial charge in [-0.15, -0.1) is 0 Å². The molecule has 1 aromatic heterocycles. The van der Waals surface area contributed by atoms with E-state index in [1.54, 1.807) is 0 Å². The van der Waals surface area contributed by atoms with E-state index < -0.39 is 23.4 Å². The van der Waals surface area contributed by atoms with Crippen molar-refractivity contribution in [1.82, 2.24) is 14.5 Å². The lowest BCUT2D eigenvalue weighted by Crippen LogP contribution is -2.14. The molecule has 7 heteroatoms. The number of fused-ring (bicyclic) bond motifs is 1. The van der Waals surface area contributed by atoms with Crippen molar-refractivity contribution in [2.45, 2.75) is 31.7 Å². The molecule has 130 valence electrons. The number of hydrogen-bond acceptors (Lipinski definition) is 2. The van der Waals surface area contributed by atoms with Crippen LogP contribution in [0.15, 0.2) is 12.1 Å². The van der Waals surface area contributed by atoms with Crippen molar-refractivity contribution < 1.29 is 13.2 Å². The number of halogens is 3. The lowest BCUT2D eigenvalue weighted by atomic mass is 9.95. The number of imidazole rings is 1. The smallest absolute Gasteiger partial charge is 0.177 e. The van der Waals surface area contributed by atoms with Gasteiger partial charge in [-0.3, -0.25) is 0 Å². The second-order valence-corrected chi connectivity index (χ2v) is 6.92. The average molecular weight is 355 g/mol. The monoisotopic (exact) mass is 355 g/mol. The van der Waals surface area contributed by atoms with Crippen molar-refractivity contribution in [2.24, 2.45) is 0 Å². The van der Waals surface area contributed by atoms with Crippen molar-refractivity contribution in [2.75, 3.05) is 20.6 Å². The fourth-order valence-electron chi connectivity index (χ4n) is 3.39. The third-order valence-corrected chi connectivity index (χ3v) is 4.86. The first-order valence-corrected chi connectivity index (χ1v) is 8.38. The Morgan fingerprint density at radius 3 is 2.67 bits per heavy atom.